The van der Waals surface area contributed by atoms with E-state index in [0.717, 1.165) is 18.4 Å². The quantitative estimate of drug-likeness (QED) is 0.635. The Hall–Kier alpha value is -0.910. The maximum absolute atomic E-state index is 11.6. The third-order valence-corrected chi connectivity index (χ3v) is 5.59. The van der Waals surface area contributed by atoms with Gasteiger partial charge in [0.15, 0.2) is 9.84 Å². The maximum atomic E-state index is 11.6. The molecular formula is C14H22N2O2S. The first kappa shape index (κ1) is 14.5. The molecule has 1 saturated heterocycles. The van der Waals surface area contributed by atoms with Crippen LogP contribution >= 0.6 is 0 Å². The van der Waals surface area contributed by atoms with E-state index in [4.69, 9.17) is 5.84 Å². The molecule has 1 fully saturated rings. The van der Waals surface area contributed by atoms with Crippen molar-refractivity contribution >= 4 is 9.84 Å². The number of hydrogen-bond donors (Lipinski definition) is 2. The zero-order valence-electron chi connectivity index (χ0n) is 11.3. The predicted octanol–water partition coefficient (Wildman–Crippen LogP) is 1.58. The summed E-state index contributed by atoms with van der Waals surface area (Å²) in [6.45, 7) is 2.15. The molecule has 0 radical (unpaired) electrons. The van der Waals surface area contributed by atoms with Crippen molar-refractivity contribution in [3.05, 3.63) is 35.4 Å². The maximum Gasteiger partial charge on any atom is 0.150 e. The zero-order valence-corrected chi connectivity index (χ0v) is 12.1. The van der Waals surface area contributed by atoms with Crippen LogP contribution in [0, 0.1) is 5.92 Å². The molecule has 1 aromatic carbocycles. The lowest BCUT2D eigenvalue weighted by Crippen LogP contribution is -2.34. The van der Waals surface area contributed by atoms with E-state index in [0.29, 0.717) is 6.42 Å². The number of hydrogen-bond acceptors (Lipinski definition) is 4. The average Bonchev–Trinajstić information content (AvgIpc) is 2.73. The largest absolute Gasteiger partial charge is 0.271 e. The van der Waals surface area contributed by atoms with Crippen LogP contribution < -0.4 is 11.3 Å². The molecule has 0 aliphatic carbocycles. The number of nitrogens with two attached hydrogens (primary N) is 1. The Balaban J connectivity index is 2.13. The summed E-state index contributed by atoms with van der Waals surface area (Å²) in [5.74, 6) is 6.22. The Morgan fingerprint density at radius 2 is 2.05 bits per heavy atom. The second-order valence-electron chi connectivity index (χ2n) is 5.30. The summed E-state index contributed by atoms with van der Waals surface area (Å²) < 4.78 is 23.1. The minimum absolute atomic E-state index is 0.0759. The Bertz CT molecular complexity index is 511. The molecule has 2 rings (SSSR count). The lowest BCUT2D eigenvalue weighted by atomic mass is 9.92. The van der Waals surface area contributed by atoms with E-state index in [2.05, 4.69) is 36.6 Å². The molecule has 0 amide bonds. The van der Waals surface area contributed by atoms with E-state index in [1.54, 1.807) is 0 Å². The molecule has 0 spiro atoms. The smallest absolute Gasteiger partial charge is 0.150 e. The molecule has 0 bridgehead atoms. The van der Waals surface area contributed by atoms with Crippen LogP contribution in [0.5, 0.6) is 0 Å². The Morgan fingerprint density at radius 3 is 2.53 bits per heavy atom. The molecule has 4 nitrogen and oxygen atoms in total. The van der Waals surface area contributed by atoms with Gasteiger partial charge in [-0.1, -0.05) is 37.6 Å². The summed E-state index contributed by atoms with van der Waals surface area (Å²) in [6, 6.07) is 8.24. The molecule has 0 saturated carbocycles. The van der Waals surface area contributed by atoms with Crippen molar-refractivity contribution in [3.8, 4) is 0 Å². The summed E-state index contributed by atoms with van der Waals surface area (Å²) in [4.78, 5) is 0. The van der Waals surface area contributed by atoms with Gasteiger partial charge in [-0.3, -0.25) is 11.3 Å². The van der Waals surface area contributed by atoms with Gasteiger partial charge in [0.1, 0.15) is 0 Å². The molecule has 1 aliphatic heterocycles. The highest BCUT2D eigenvalue weighted by Gasteiger charge is 2.33. The Morgan fingerprint density at radius 1 is 1.37 bits per heavy atom. The van der Waals surface area contributed by atoms with E-state index in [-0.39, 0.29) is 23.5 Å². The Labute approximate surface area is 115 Å². The SMILES string of the molecule is CCCc1ccc(C(NN)C2CCS(=O)(=O)C2)cc1. The molecule has 3 N–H and O–H groups in total. The lowest BCUT2D eigenvalue weighted by molar-refractivity contribution is 0.399. The molecule has 1 heterocycles. The van der Waals surface area contributed by atoms with Crippen LogP contribution in [0.1, 0.15) is 36.9 Å². The number of benzene rings is 1. The fraction of sp³-hybridized carbons (Fsp3) is 0.571. The predicted molar refractivity (Wildman–Crippen MR) is 77.3 cm³/mol. The van der Waals surface area contributed by atoms with Crippen LogP contribution in [0.4, 0.5) is 0 Å². The van der Waals surface area contributed by atoms with Gasteiger partial charge in [-0.05, 0) is 29.9 Å². The molecule has 2 atom stereocenters. The lowest BCUT2D eigenvalue weighted by Gasteiger charge is -2.22. The number of aryl methyl sites for hydroxylation is 1. The van der Waals surface area contributed by atoms with Gasteiger partial charge in [0.05, 0.1) is 11.5 Å². The highest BCUT2D eigenvalue weighted by molar-refractivity contribution is 7.91. The fourth-order valence-corrected chi connectivity index (χ4v) is 4.61. The fourth-order valence-electron chi connectivity index (χ4n) is 2.77. The molecule has 19 heavy (non-hydrogen) atoms. The van der Waals surface area contributed by atoms with Gasteiger partial charge in [0.25, 0.3) is 0 Å². The van der Waals surface area contributed by atoms with E-state index < -0.39 is 9.84 Å². The number of hydrazine groups is 1. The van der Waals surface area contributed by atoms with Crippen molar-refractivity contribution in [2.45, 2.75) is 32.2 Å². The molecule has 1 aliphatic rings. The van der Waals surface area contributed by atoms with Gasteiger partial charge in [-0.2, -0.15) is 0 Å². The molecule has 1 aromatic rings. The number of sulfone groups is 1. The topological polar surface area (TPSA) is 72.2 Å². The van der Waals surface area contributed by atoms with Gasteiger partial charge in [0.2, 0.25) is 0 Å². The summed E-state index contributed by atoms with van der Waals surface area (Å²) in [5.41, 5.74) is 5.17. The van der Waals surface area contributed by atoms with Crippen LogP contribution in [0.3, 0.4) is 0 Å². The van der Waals surface area contributed by atoms with E-state index in [9.17, 15) is 8.42 Å². The molecule has 0 aromatic heterocycles. The van der Waals surface area contributed by atoms with Crippen molar-refractivity contribution in [2.75, 3.05) is 11.5 Å². The summed E-state index contributed by atoms with van der Waals surface area (Å²) in [6.07, 6.45) is 2.88. The zero-order chi connectivity index (χ0) is 13.9. The Kier molecular flexibility index (Phi) is 4.60. The molecule has 2 unspecified atom stereocenters. The third kappa shape index (κ3) is 3.55. The third-order valence-electron chi connectivity index (χ3n) is 3.80. The van der Waals surface area contributed by atoms with Gasteiger partial charge >= 0.3 is 0 Å². The highest BCUT2D eigenvalue weighted by atomic mass is 32.2. The van der Waals surface area contributed by atoms with Crippen LogP contribution in [0.15, 0.2) is 24.3 Å². The van der Waals surface area contributed by atoms with Crippen molar-refractivity contribution in [1.29, 1.82) is 0 Å². The van der Waals surface area contributed by atoms with Gasteiger partial charge in [0, 0.05) is 6.04 Å². The monoisotopic (exact) mass is 282 g/mol. The van der Waals surface area contributed by atoms with Gasteiger partial charge in [-0.25, -0.2) is 8.42 Å². The first-order chi connectivity index (χ1) is 9.05. The van der Waals surface area contributed by atoms with E-state index in [1.165, 1.54) is 5.56 Å². The van der Waals surface area contributed by atoms with E-state index in [1.807, 2.05) is 0 Å². The van der Waals surface area contributed by atoms with Crippen molar-refractivity contribution in [3.63, 3.8) is 0 Å². The van der Waals surface area contributed by atoms with Crippen LogP contribution in [-0.4, -0.2) is 19.9 Å². The first-order valence-electron chi connectivity index (χ1n) is 6.81. The van der Waals surface area contributed by atoms with E-state index >= 15 is 0 Å². The van der Waals surface area contributed by atoms with Crippen molar-refractivity contribution in [1.82, 2.24) is 5.43 Å². The van der Waals surface area contributed by atoms with Crippen LogP contribution in [0.2, 0.25) is 0 Å². The normalized spacial score (nSPS) is 23.4. The average molecular weight is 282 g/mol. The van der Waals surface area contributed by atoms with Gasteiger partial charge < -0.3 is 0 Å². The minimum atomic E-state index is -2.87. The minimum Gasteiger partial charge on any atom is -0.271 e. The van der Waals surface area contributed by atoms with Gasteiger partial charge in [-0.15, -0.1) is 0 Å². The summed E-state index contributed by atoms with van der Waals surface area (Å²) in [7, 11) is -2.87. The van der Waals surface area contributed by atoms with Crippen molar-refractivity contribution in [2.24, 2.45) is 11.8 Å². The molecule has 106 valence electrons. The second-order valence-corrected chi connectivity index (χ2v) is 7.53. The summed E-state index contributed by atoms with van der Waals surface area (Å²) in [5, 5.41) is 0. The second kappa shape index (κ2) is 6.03. The number of rotatable bonds is 5. The highest BCUT2D eigenvalue weighted by Crippen LogP contribution is 2.31. The molecule has 5 heteroatoms. The first-order valence-corrected chi connectivity index (χ1v) is 8.63. The van der Waals surface area contributed by atoms with Crippen LogP contribution in [0.25, 0.3) is 0 Å². The van der Waals surface area contributed by atoms with Crippen LogP contribution in [-0.2, 0) is 16.3 Å². The summed E-state index contributed by atoms with van der Waals surface area (Å²) >= 11 is 0. The molecular weight excluding hydrogens is 260 g/mol. The standard InChI is InChI=1S/C14H22N2O2S/c1-2-3-11-4-6-12(7-5-11)14(16-15)13-8-9-19(17,18)10-13/h4-7,13-14,16H,2-3,8-10,15H2,1H3. The van der Waals surface area contributed by atoms with Crippen molar-refractivity contribution < 1.29 is 8.42 Å². The number of nitrogens with one attached hydrogen (secondary N) is 1.